The molecule has 3 rings (SSSR count). The van der Waals surface area contributed by atoms with E-state index in [1.807, 2.05) is 6.07 Å². The van der Waals surface area contributed by atoms with Gasteiger partial charge >= 0.3 is 0 Å². The number of nitrogens with zero attached hydrogens (tertiary/aromatic N) is 3. The fourth-order valence-electron chi connectivity index (χ4n) is 3.69. The van der Waals surface area contributed by atoms with Gasteiger partial charge in [0.15, 0.2) is 0 Å². The molecule has 0 bridgehead atoms. The van der Waals surface area contributed by atoms with Crippen molar-refractivity contribution in [3.05, 3.63) is 29.8 Å². The average molecular weight is 380 g/mol. The van der Waals surface area contributed by atoms with Gasteiger partial charge in [0.1, 0.15) is 12.2 Å². The van der Waals surface area contributed by atoms with Gasteiger partial charge in [0.2, 0.25) is 5.91 Å². The van der Waals surface area contributed by atoms with Gasteiger partial charge in [0.05, 0.1) is 19.2 Å². The van der Waals surface area contributed by atoms with E-state index in [1.54, 1.807) is 12.1 Å². The number of nitrogens with one attached hydrogen (secondary N) is 1. The second-order valence-electron chi connectivity index (χ2n) is 7.06. The van der Waals surface area contributed by atoms with Crippen LogP contribution in [0.15, 0.2) is 24.3 Å². The van der Waals surface area contributed by atoms with E-state index < -0.39 is 18.6 Å². The summed E-state index contributed by atoms with van der Waals surface area (Å²) in [5, 5.41) is 12.2. The smallest absolute Gasteiger partial charge is 0.263 e. The maximum absolute atomic E-state index is 13.4. The molecule has 146 valence electrons. The van der Waals surface area contributed by atoms with Crippen LogP contribution < -0.4 is 10.2 Å². The summed E-state index contributed by atoms with van der Waals surface area (Å²) in [4.78, 5) is 15.7. The van der Waals surface area contributed by atoms with Gasteiger partial charge in [-0.25, -0.2) is 13.2 Å². The first-order valence-corrected chi connectivity index (χ1v) is 9.17. The molecule has 2 saturated heterocycles. The van der Waals surface area contributed by atoms with Crippen LogP contribution in [0.3, 0.4) is 0 Å². The number of likely N-dealkylation sites (tertiary alicyclic amines) is 1. The molecule has 0 aliphatic carbocycles. The molecular weight excluding hydrogens is 357 g/mol. The summed E-state index contributed by atoms with van der Waals surface area (Å²) in [5.74, 6) is -0.244. The number of benzene rings is 1. The Balaban J connectivity index is 1.44. The lowest BCUT2D eigenvalue weighted by Gasteiger charge is -2.34. The molecule has 1 N–H and O–H groups in total. The number of piperidine rings is 1. The Morgan fingerprint density at radius 3 is 2.52 bits per heavy atom. The van der Waals surface area contributed by atoms with Gasteiger partial charge in [-0.15, -0.1) is 0 Å². The van der Waals surface area contributed by atoms with Gasteiger partial charge in [0.25, 0.3) is 6.43 Å². The lowest BCUT2D eigenvalue weighted by atomic mass is 10.0. The molecule has 5 nitrogen and oxygen atoms in total. The lowest BCUT2D eigenvalue weighted by Crippen LogP contribution is -2.47. The summed E-state index contributed by atoms with van der Waals surface area (Å²) in [6.07, 6.45) is -1.87. The lowest BCUT2D eigenvalue weighted by molar-refractivity contribution is -0.130. The van der Waals surface area contributed by atoms with Gasteiger partial charge in [-0.05, 0) is 25.0 Å². The fraction of sp³-hybridized carbons (Fsp3) is 0.579. The van der Waals surface area contributed by atoms with Crippen molar-refractivity contribution in [2.75, 3.05) is 31.1 Å². The Kier molecular flexibility index (Phi) is 6.22. The maximum atomic E-state index is 13.4. The highest BCUT2D eigenvalue weighted by molar-refractivity contribution is 5.79. The predicted octanol–water partition coefficient (Wildman–Crippen LogP) is 2.65. The van der Waals surface area contributed by atoms with Crippen molar-refractivity contribution >= 4 is 11.6 Å². The number of hydrogen-bond acceptors (Lipinski definition) is 4. The molecule has 0 saturated carbocycles. The van der Waals surface area contributed by atoms with Crippen LogP contribution in [0.1, 0.15) is 31.3 Å². The molecule has 27 heavy (non-hydrogen) atoms. The minimum atomic E-state index is -2.46. The van der Waals surface area contributed by atoms with Crippen molar-refractivity contribution in [2.24, 2.45) is 0 Å². The van der Waals surface area contributed by atoms with Gasteiger partial charge < -0.3 is 15.1 Å². The van der Waals surface area contributed by atoms with Crippen LogP contribution in [0.4, 0.5) is 18.9 Å². The molecule has 0 spiro atoms. The molecule has 1 amide bonds. The Hall–Kier alpha value is -2.27. The molecule has 2 aliphatic rings. The molecule has 1 aromatic carbocycles. The highest BCUT2D eigenvalue weighted by Crippen LogP contribution is 2.25. The first kappa shape index (κ1) is 19.5. The van der Waals surface area contributed by atoms with E-state index in [0.29, 0.717) is 0 Å². The van der Waals surface area contributed by atoms with Gasteiger partial charge in [-0.1, -0.05) is 12.1 Å². The molecule has 0 radical (unpaired) electrons. The average Bonchev–Trinajstić information content (AvgIpc) is 3.07. The van der Waals surface area contributed by atoms with E-state index in [-0.39, 0.29) is 37.0 Å². The van der Waals surface area contributed by atoms with Gasteiger partial charge in [-0.3, -0.25) is 4.79 Å². The van der Waals surface area contributed by atoms with Gasteiger partial charge in [-0.2, -0.15) is 5.26 Å². The molecule has 1 aromatic rings. The standard InChI is InChI=1S/C19H23F3N4O/c20-14-9-17(10-23)26(12-14)18(27)11-24-15-5-7-25(8-6-15)16-3-1-13(2-4-16)19(21)22/h1-4,14-15,17,19,24H,5-9,11-12H2. The summed E-state index contributed by atoms with van der Waals surface area (Å²) in [7, 11) is 0. The minimum absolute atomic E-state index is 0.00814. The Bertz CT molecular complexity index is 683. The number of halogens is 3. The molecule has 8 heteroatoms. The highest BCUT2D eigenvalue weighted by Gasteiger charge is 2.35. The first-order chi connectivity index (χ1) is 13.0. The number of carbonyl (C=O) groups excluding carboxylic acids is 1. The van der Waals surface area contributed by atoms with Crippen molar-refractivity contribution in [1.82, 2.24) is 10.2 Å². The normalized spacial score (nSPS) is 23.7. The summed E-state index contributed by atoms with van der Waals surface area (Å²) in [6.45, 7) is 1.61. The molecule has 2 fully saturated rings. The zero-order chi connectivity index (χ0) is 19.4. The van der Waals surface area contributed by atoms with Crippen LogP contribution in [0.5, 0.6) is 0 Å². The molecule has 0 aromatic heterocycles. The van der Waals surface area contributed by atoms with E-state index in [2.05, 4.69) is 10.2 Å². The van der Waals surface area contributed by atoms with E-state index in [9.17, 15) is 18.0 Å². The SMILES string of the molecule is N#CC1CC(F)CN1C(=O)CNC1CCN(c2ccc(C(F)F)cc2)CC1. The van der Waals surface area contributed by atoms with Crippen LogP contribution in [-0.4, -0.2) is 55.2 Å². The third-order valence-electron chi connectivity index (χ3n) is 5.27. The topological polar surface area (TPSA) is 59.4 Å². The number of anilines is 1. The molecule has 2 unspecified atom stereocenters. The predicted molar refractivity (Wildman–Crippen MR) is 95.3 cm³/mol. The molecule has 2 heterocycles. The number of alkyl halides is 3. The van der Waals surface area contributed by atoms with E-state index in [0.717, 1.165) is 31.6 Å². The van der Waals surface area contributed by atoms with Crippen LogP contribution in [0.2, 0.25) is 0 Å². The van der Waals surface area contributed by atoms with Crippen molar-refractivity contribution in [3.63, 3.8) is 0 Å². The zero-order valence-corrected chi connectivity index (χ0v) is 15.0. The quantitative estimate of drug-likeness (QED) is 0.853. The summed E-state index contributed by atoms with van der Waals surface area (Å²) < 4.78 is 38.7. The van der Waals surface area contributed by atoms with E-state index >= 15 is 0 Å². The van der Waals surface area contributed by atoms with Crippen molar-refractivity contribution in [1.29, 1.82) is 5.26 Å². The summed E-state index contributed by atoms with van der Waals surface area (Å²) in [5.41, 5.74) is 0.929. The van der Waals surface area contributed by atoms with Crippen LogP contribution in [0, 0.1) is 11.3 Å². The summed E-state index contributed by atoms with van der Waals surface area (Å²) in [6, 6.07) is 7.78. The third-order valence-corrected chi connectivity index (χ3v) is 5.27. The third kappa shape index (κ3) is 4.72. The number of nitriles is 1. The number of hydrogen-bond donors (Lipinski definition) is 1. The van der Waals surface area contributed by atoms with E-state index in [4.69, 9.17) is 5.26 Å². The number of amides is 1. The Morgan fingerprint density at radius 2 is 1.93 bits per heavy atom. The minimum Gasteiger partial charge on any atom is -0.371 e. The molecule has 2 aliphatic heterocycles. The largest absolute Gasteiger partial charge is 0.371 e. The Labute approximate surface area is 156 Å². The van der Waals surface area contributed by atoms with Crippen molar-refractivity contribution in [2.45, 2.75) is 43.9 Å². The molecule has 2 atom stereocenters. The van der Waals surface area contributed by atoms with Crippen LogP contribution >= 0.6 is 0 Å². The Morgan fingerprint density at radius 1 is 1.26 bits per heavy atom. The number of carbonyl (C=O) groups is 1. The fourth-order valence-corrected chi connectivity index (χ4v) is 3.69. The zero-order valence-electron chi connectivity index (χ0n) is 15.0. The second-order valence-corrected chi connectivity index (χ2v) is 7.06. The van der Waals surface area contributed by atoms with Gasteiger partial charge in [0, 0.05) is 36.8 Å². The number of rotatable bonds is 5. The van der Waals surface area contributed by atoms with Crippen molar-refractivity contribution < 1.29 is 18.0 Å². The highest BCUT2D eigenvalue weighted by atomic mass is 19.3. The maximum Gasteiger partial charge on any atom is 0.263 e. The van der Waals surface area contributed by atoms with E-state index in [1.165, 1.54) is 17.0 Å². The monoisotopic (exact) mass is 380 g/mol. The second kappa shape index (κ2) is 8.61. The first-order valence-electron chi connectivity index (χ1n) is 9.17. The molecular formula is C19H23F3N4O. The van der Waals surface area contributed by atoms with Crippen molar-refractivity contribution in [3.8, 4) is 6.07 Å². The van der Waals surface area contributed by atoms with Crippen LogP contribution in [0.25, 0.3) is 0 Å². The van der Waals surface area contributed by atoms with Crippen LogP contribution in [-0.2, 0) is 4.79 Å². The summed E-state index contributed by atoms with van der Waals surface area (Å²) >= 11 is 0.